The number of aliphatic hydroxyl groups is 1. The summed E-state index contributed by atoms with van der Waals surface area (Å²) in [5, 5.41) is 13.0. The molecule has 2 rings (SSSR count). The molecule has 0 spiro atoms. The predicted molar refractivity (Wildman–Crippen MR) is 70.3 cm³/mol. The minimum atomic E-state index is -0.318. The van der Waals surface area contributed by atoms with E-state index in [1.807, 2.05) is 19.1 Å². The van der Waals surface area contributed by atoms with Crippen LogP contribution in [0.5, 0.6) is 11.5 Å². The maximum absolute atomic E-state index is 9.56. The van der Waals surface area contributed by atoms with E-state index >= 15 is 0 Å². The van der Waals surface area contributed by atoms with E-state index in [1.165, 1.54) is 11.1 Å². The molecule has 18 heavy (non-hydrogen) atoms. The largest absolute Gasteiger partial charge is 0.493 e. The highest BCUT2D eigenvalue weighted by atomic mass is 16.5. The van der Waals surface area contributed by atoms with Gasteiger partial charge in [-0.1, -0.05) is 0 Å². The predicted octanol–water partition coefficient (Wildman–Crippen LogP) is 1.66. The molecule has 1 heterocycles. The Morgan fingerprint density at radius 1 is 1.33 bits per heavy atom. The molecule has 1 aliphatic rings. The summed E-state index contributed by atoms with van der Waals surface area (Å²) in [7, 11) is 3.29. The number of hydrogen-bond donors (Lipinski definition) is 2. The molecule has 2 unspecified atom stereocenters. The molecule has 1 aromatic rings. The quantitative estimate of drug-likeness (QED) is 0.854. The van der Waals surface area contributed by atoms with Gasteiger partial charge in [-0.05, 0) is 49.6 Å². The van der Waals surface area contributed by atoms with Crippen LogP contribution in [0.3, 0.4) is 0 Å². The van der Waals surface area contributed by atoms with Gasteiger partial charge < -0.3 is 19.9 Å². The topological polar surface area (TPSA) is 50.7 Å². The molecule has 0 saturated heterocycles. The van der Waals surface area contributed by atoms with Gasteiger partial charge in [0, 0.05) is 6.04 Å². The monoisotopic (exact) mass is 251 g/mol. The first-order valence-electron chi connectivity index (χ1n) is 6.32. The van der Waals surface area contributed by atoms with Crippen molar-refractivity contribution < 1.29 is 14.6 Å². The third-order valence-electron chi connectivity index (χ3n) is 3.38. The van der Waals surface area contributed by atoms with Gasteiger partial charge in [-0.15, -0.1) is 0 Å². The van der Waals surface area contributed by atoms with E-state index in [0.29, 0.717) is 6.42 Å². The van der Waals surface area contributed by atoms with Crippen molar-refractivity contribution >= 4 is 0 Å². The van der Waals surface area contributed by atoms with Crippen molar-refractivity contribution in [2.75, 3.05) is 20.8 Å². The van der Waals surface area contributed by atoms with Crippen molar-refractivity contribution in [3.8, 4) is 11.5 Å². The highest BCUT2D eigenvalue weighted by Gasteiger charge is 2.23. The number of fused-ring (bicyclic) bond motifs is 1. The number of aliphatic hydroxyl groups excluding tert-OH is 1. The SMILES string of the molecule is COc1cc2c(cc1OC)C(CC(C)O)NCC2. The minimum absolute atomic E-state index is 0.188. The van der Waals surface area contributed by atoms with Crippen LogP contribution in [0.4, 0.5) is 0 Å². The Bertz CT molecular complexity index is 418. The highest BCUT2D eigenvalue weighted by molar-refractivity contribution is 5.49. The third kappa shape index (κ3) is 2.60. The Morgan fingerprint density at radius 2 is 2.00 bits per heavy atom. The molecule has 0 amide bonds. The molecular formula is C14H21NO3. The van der Waals surface area contributed by atoms with E-state index in [9.17, 15) is 5.11 Å². The van der Waals surface area contributed by atoms with Crippen LogP contribution in [0.15, 0.2) is 12.1 Å². The molecule has 0 aromatic heterocycles. The van der Waals surface area contributed by atoms with E-state index in [0.717, 1.165) is 24.5 Å². The van der Waals surface area contributed by atoms with Crippen molar-refractivity contribution in [2.24, 2.45) is 0 Å². The lowest BCUT2D eigenvalue weighted by molar-refractivity contribution is 0.166. The second-order valence-corrected chi connectivity index (χ2v) is 4.75. The Labute approximate surface area is 108 Å². The van der Waals surface area contributed by atoms with E-state index < -0.39 is 0 Å². The lowest BCUT2D eigenvalue weighted by atomic mass is 9.90. The second kappa shape index (κ2) is 5.59. The molecule has 1 aliphatic heterocycles. The summed E-state index contributed by atoms with van der Waals surface area (Å²) in [5.74, 6) is 1.52. The average Bonchev–Trinajstić information content (AvgIpc) is 2.37. The van der Waals surface area contributed by atoms with Gasteiger partial charge in [0.1, 0.15) is 0 Å². The summed E-state index contributed by atoms with van der Waals surface area (Å²) in [6.07, 6.45) is 1.37. The van der Waals surface area contributed by atoms with Crippen LogP contribution in [0.1, 0.15) is 30.5 Å². The molecule has 0 saturated carbocycles. The van der Waals surface area contributed by atoms with Gasteiger partial charge in [0.2, 0.25) is 0 Å². The van der Waals surface area contributed by atoms with Crippen LogP contribution >= 0.6 is 0 Å². The number of benzene rings is 1. The fourth-order valence-electron chi connectivity index (χ4n) is 2.52. The van der Waals surface area contributed by atoms with E-state index in [2.05, 4.69) is 5.32 Å². The lowest BCUT2D eigenvalue weighted by Gasteiger charge is -2.29. The number of rotatable bonds is 4. The standard InChI is InChI=1S/C14H21NO3/c1-9(16)6-12-11-8-14(18-3)13(17-2)7-10(11)4-5-15-12/h7-9,12,15-16H,4-6H2,1-3H3. The summed E-state index contributed by atoms with van der Waals surface area (Å²) in [6.45, 7) is 2.75. The molecule has 0 bridgehead atoms. The molecule has 1 aromatic carbocycles. The van der Waals surface area contributed by atoms with Crippen molar-refractivity contribution in [3.05, 3.63) is 23.3 Å². The van der Waals surface area contributed by atoms with E-state index in [4.69, 9.17) is 9.47 Å². The fourth-order valence-corrected chi connectivity index (χ4v) is 2.52. The Kier molecular flexibility index (Phi) is 4.09. The number of ether oxygens (including phenoxy) is 2. The summed E-state index contributed by atoms with van der Waals surface area (Å²) < 4.78 is 10.7. The zero-order chi connectivity index (χ0) is 13.1. The van der Waals surface area contributed by atoms with Crippen molar-refractivity contribution in [3.63, 3.8) is 0 Å². The van der Waals surface area contributed by atoms with Crippen molar-refractivity contribution in [1.82, 2.24) is 5.32 Å². The van der Waals surface area contributed by atoms with Gasteiger partial charge in [-0.2, -0.15) is 0 Å². The first-order chi connectivity index (χ1) is 8.65. The molecule has 100 valence electrons. The van der Waals surface area contributed by atoms with Crippen LogP contribution in [0.25, 0.3) is 0 Å². The third-order valence-corrected chi connectivity index (χ3v) is 3.38. The Balaban J connectivity index is 2.37. The van der Waals surface area contributed by atoms with Crippen LogP contribution in [0.2, 0.25) is 0 Å². The molecule has 4 nitrogen and oxygen atoms in total. The summed E-state index contributed by atoms with van der Waals surface area (Å²) in [5.41, 5.74) is 2.48. The highest BCUT2D eigenvalue weighted by Crippen LogP contribution is 2.36. The van der Waals surface area contributed by atoms with Crippen molar-refractivity contribution in [2.45, 2.75) is 31.9 Å². The minimum Gasteiger partial charge on any atom is -0.493 e. The molecule has 0 radical (unpaired) electrons. The van der Waals surface area contributed by atoms with E-state index in [1.54, 1.807) is 14.2 Å². The van der Waals surface area contributed by atoms with Crippen LogP contribution in [0, 0.1) is 0 Å². The number of hydrogen-bond acceptors (Lipinski definition) is 4. The molecule has 0 aliphatic carbocycles. The van der Waals surface area contributed by atoms with Gasteiger partial charge >= 0.3 is 0 Å². The van der Waals surface area contributed by atoms with Crippen LogP contribution < -0.4 is 14.8 Å². The fraction of sp³-hybridized carbons (Fsp3) is 0.571. The maximum atomic E-state index is 9.56. The second-order valence-electron chi connectivity index (χ2n) is 4.75. The van der Waals surface area contributed by atoms with Gasteiger partial charge in [-0.25, -0.2) is 0 Å². The molecule has 0 fully saturated rings. The van der Waals surface area contributed by atoms with Crippen LogP contribution in [-0.2, 0) is 6.42 Å². The normalized spacial score (nSPS) is 20.1. The van der Waals surface area contributed by atoms with Crippen LogP contribution in [-0.4, -0.2) is 32.0 Å². The van der Waals surface area contributed by atoms with E-state index in [-0.39, 0.29) is 12.1 Å². The first-order valence-corrected chi connectivity index (χ1v) is 6.32. The molecule has 2 atom stereocenters. The molecule has 4 heteroatoms. The van der Waals surface area contributed by atoms with Gasteiger partial charge in [0.05, 0.1) is 20.3 Å². The summed E-state index contributed by atoms with van der Waals surface area (Å²) in [4.78, 5) is 0. The number of methoxy groups -OCH3 is 2. The Hall–Kier alpha value is -1.26. The van der Waals surface area contributed by atoms with Gasteiger partial charge in [0.25, 0.3) is 0 Å². The summed E-state index contributed by atoms with van der Waals surface area (Å²) in [6, 6.07) is 4.26. The van der Waals surface area contributed by atoms with Gasteiger partial charge in [0.15, 0.2) is 11.5 Å². The zero-order valence-corrected chi connectivity index (χ0v) is 11.2. The first kappa shape index (κ1) is 13.2. The lowest BCUT2D eigenvalue weighted by Crippen LogP contribution is -2.31. The molecular weight excluding hydrogens is 230 g/mol. The van der Waals surface area contributed by atoms with Crippen molar-refractivity contribution in [1.29, 1.82) is 0 Å². The van der Waals surface area contributed by atoms with Gasteiger partial charge in [-0.3, -0.25) is 0 Å². The average molecular weight is 251 g/mol. The molecule has 2 N–H and O–H groups in total. The Morgan fingerprint density at radius 3 is 2.61 bits per heavy atom. The summed E-state index contributed by atoms with van der Waals surface area (Å²) >= 11 is 0. The maximum Gasteiger partial charge on any atom is 0.161 e. The zero-order valence-electron chi connectivity index (χ0n) is 11.2. The number of nitrogens with one attached hydrogen (secondary N) is 1. The smallest absolute Gasteiger partial charge is 0.161 e.